The largest absolute Gasteiger partial charge is 0.507 e. The van der Waals surface area contributed by atoms with Crippen LogP contribution in [0.15, 0.2) is 23.8 Å². The quantitative estimate of drug-likeness (QED) is 0.225. The van der Waals surface area contributed by atoms with Crippen molar-refractivity contribution in [1.29, 1.82) is 0 Å². The van der Waals surface area contributed by atoms with Crippen LogP contribution < -0.4 is 0 Å². The minimum Gasteiger partial charge on any atom is -0.507 e. The van der Waals surface area contributed by atoms with E-state index in [1.165, 1.54) is 6.07 Å². The predicted molar refractivity (Wildman–Crippen MR) is 102 cm³/mol. The Morgan fingerprint density at radius 3 is 2.39 bits per heavy atom. The van der Waals surface area contributed by atoms with E-state index in [9.17, 15) is 38.4 Å². The molecule has 11 nitrogen and oxygen atoms in total. The molecule has 4 rings (SSSR count). The fourth-order valence-electron chi connectivity index (χ4n) is 4.58. The molecule has 0 aromatic heterocycles. The number of phenolic OH excluding ortho intramolecular Hbond substituents is 1. The van der Waals surface area contributed by atoms with Gasteiger partial charge in [0, 0.05) is 17.9 Å². The van der Waals surface area contributed by atoms with E-state index in [0.717, 1.165) is 5.56 Å². The zero-order chi connectivity index (χ0) is 23.1. The summed E-state index contributed by atoms with van der Waals surface area (Å²) in [4.78, 5) is 34.3. The third-order valence-corrected chi connectivity index (χ3v) is 6.13. The van der Waals surface area contributed by atoms with E-state index in [1.807, 2.05) is 0 Å². The minimum atomic E-state index is -4.54. The zero-order valence-electron chi connectivity index (χ0n) is 16.0. The monoisotopic (exact) mass is 456 g/mol. The number of phenols is 1. The molecule has 12 heteroatoms. The van der Waals surface area contributed by atoms with Crippen molar-refractivity contribution >= 4 is 34.2 Å². The highest BCUT2D eigenvalue weighted by atomic mass is 32.3. The van der Waals surface area contributed by atoms with Crippen LogP contribution in [-0.4, -0.2) is 63.1 Å². The number of rotatable bonds is 2. The van der Waals surface area contributed by atoms with E-state index < -0.39 is 39.6 Å². The molecule has 5 N–H and O–H groups in total. The molecular weight excluding hydrogens is 436 g/mol. The van der Waals surface area contributed by atoms with Crippen LogP contribution in [0.25, 0.3) is 5.76 Å². The van der Waals surface area contributed by atoms with Crippen LogP contribution in [0, 0.1) is 11.8 Å². The molecule has 4 atom stereocenters. The van der Waals surface area contributed by atoms with Gasteiger partial charge in [0.15, 0.2) is 11.4 Å². The van der Waals surface area contributed by atoms with Gasteiger partial charge >= 0.3 is 16.9 Å². The van der Waals surface area contributed by atoms with Crippen LogP contribution in [0.2, 0.25) is 0 Å². The minimum absolute atomic E-state index is 0.0208. The van der Waals surface area contributed by atoms with Gasteiger partial charge in [0.2, 0.25) is 5.78 Å². The van der Waals surface area contributed by atoms with Crippen molar-refractivity contribution < 1.29 is 52.0 Å². The van der Waals surface area contributed by atoms with Gasteiger partial charge in [-0.2, -0.15) is 8.42 Å². The first kappa shape index (κ1) is 22.9. The first-order valence-electron chi connectivity index (χ1n) is 9.22. The number of hydrogen-bond acceptors (Lipinski definition) is 10. The van der Waals surface area contributed by atoms with E-state index in [2.05, 4.69) is 4.18 Å². The number of aliphatic hydroxyl groups is 3. The van der Waals surface area contributed by atoms with Gasteiger partial charge in [-0.1, -0.05) is 12.1 Å². The fraction of sp³-hybridized carbons (Fsp3) is 0.421. The normalized spacial score (nSPS) is 29.7. The van der Waals surface area contributed by atoms with Crippen molar-refractivity contribution in [1.82, 2.24) is 0 Å². The summed E-state index contributed by atoms with van der Waals surface area (Å²) in [6.07, 6.45) is -0.162. The van der Waals surface area contributed by atoms with Gasteiger partial charge in [0.1, 0.15) is 11.5 Å². The summed E-state index contributed by atoms with van der Waals surface area (Å²) in [6.45, 7) is -0.380. The summed E-state index contributed by atoms with van der Waals surface area (Å²) in [5.41, 5.74) is -1.24. The van der Waals surface area contributed by atoms with Crippen molar-refractivity contribution in [3.8, 4) is 5.75 Å². The Morgan fingerprint density at radius 1 is 1.13 bits per heavy atom. The lowest BCUT2D eigenvalue weighted by atomic mass is 9.58. The molecule has 2 saturated carbocycles. The van der Waals surface area contributed by atoms with E-state index in [1.54, 1.807) is 12.1 Å². The molecule has 3 aliphatic carbocycles. The second kappa shape index (κ2) is 8.04. The number of benzene rings is 1. The van der Waals surface area contributed by atoms with Gasteiger partial charge in [-0.15, -0.1) is 0 Å². The standard InChI is InChI=1S/C18H18O6.CH2O5S/c19-11-6-10-5-9-4-8-2-1-3-12(20)14(8)16(22)15(9)17(23)18(10,24)13(21)7-11;2-1-6-7(3,4)5/h1-3,9-11,19-20,22,24H,4-7H2;1H,(H,3,4,5). The van der Waals surface area contributed by atoms with E-state index in [4.69, 9.17) is 9.35 Å². The molecule has 1 aromatic carbocycles. The van der Waals surface area contributed by atoms with Gasteiger partial charge in [-0.3, -0.25) is 18.9 Å². The maximum absolute atomic E-state index is 12.9. The Bertz CT molecular complexity index is 1070. The highest BCUT2D eigenvalue weighted by Gasteiger charge is 2.59. The lowest BCUT2D eigenvalue weighted by Crippen LogP contribution is -2.61. The number of carbonyl (C=O) groups excluding carboxylic acids is 3. The van der Waals surface area contributed by atoms with Crippen LogP contribution >= 0.6 is 0 Å². The average molecular weight is 456 g/mol. The second-order valence-electron chi connectivity index (χ2n) is 7.64. The van der Waals surface area contributed by atoms with Crippen molar-refractivity contribution in [2.75, 3.05) is 0 Å². The van der Waals surface area contributed by atoms with Crippen molar-refractivity contribution in [3.05, 3.63) is 34.9 Å². The van der Waals surface area contributed by atoms with E-state index >= 15 is 0 Å². The molecular formula is C19H20O11S. The molecule has 3 aliphatic rings. The number of carbonyl (C=O) groups is 3. The van der Waals surface area contributed by atoms with Crippen molar-refractivity contribution in [3.63, 3.8) is 0 Å². The Balaban J connectivity index is 0.000000339. The lowest BCUT2D eigenvalue weighted by molar-refractivity contribution is -0.167. The number of aromatic hydroxyl groups is 1. The molecule has 168 valence electrons. The van der Waals surface area contributed by atoms with Gasteiger partial charge < -0.3 is 24.6 Å². The predicted octanol–water partition coefficient (Wildman–Crippen LogP) is -0.160. The topological polar surface area (TPSA) is 196 Å². The van der Waals surface area contributed by atoms with Gasteiger partial charge in [0.25, 0.3) is 0 Å². The molecule has 0 amide bonds. The average Bonchev–Trinajstić information content (AvgIpc) is 2.64. The first-order valence-corrected chi connectivity index (χ1v) is 10.6. The Morgan fingerprint density at radius 2 is 1.81 bits per heavy atom. The van der Waals surface area contributed by atoms with Gasteiger partial charge in [-0.05, 0) is 36.8 Å². The maximum Gasteiger partial charge on any atom is 0.448 e. The molecule has 0 saturated heterocycles. The summed E-state index contributed by atoms with van der Waals surface area (Å²) in [6, 6.07) is 4.86. The SMILES string of the molecule is O=C1CC(O)CC2CC3Cc4cccc(O)c4C(O)=C3C(=O)C12O.O=COS(=O)(=O)O. The van der Waals surface area contributed by atoms with Crippen LogP contribution in [0.3, 0.4) is 0 Å². The third-order valence-electron chi connectivity index (χ3n) is 5.81. The van der Waals surface area contributed by atoms with Crippen LogP contribution in [-0.2, 0) is 35.4 Å². The molecule has 0 spiro atoms. The summed E-state index contributed by atoms with van der Waals surface area (Å²) in [5.74, 6) is -2.96. The van der Waals surface area contributed by atoms with Crippen LogP contribution in [0.5, 0.6) is 5.75 Å². The Kier molecular flexibility index (Phi) is 5.93. The highest BCUT2D eigenvalue weighted by molar-refractivity contribution is 7.81. The second-order valence-corrected chi connectivity index (χ2v) is 8.69. The Labute approximate surface area is 176 Å². The first-order chi connectivity index (χ1) is 14.4. The van der Waals surface area contributed by atoms with Crippen LogP contribution in [0.4, 0.5) is 0 Å². The van der Waals surface area contributed by atoms with E-state index in [-0.39, 0.29) is 47.9 Å². The number of Topliss-reactive ketones (excluding diaryl/α,β-unsaturated/α-hetero) is 2. The smallest absolute Gasteiger partial charge is 0.448 e. The number of ketones is 2. The number of fused-ring (bicyclic) bond motifs is 3. The molecule has 1 aromatic rings. The van der Waals surface area contributed by atoms with Crippen molar-refractivity contribution in [2.45, 2.75) is 37.4 Å². The third kappa shape index (κ3) is 4.06. The van der Waals surface area contributed by atoms with Crippen LogP contribution in [0.1, 0.15) is 30.4 Å². The maximum atomic E-state index is 12.9. The van der Waals surface area contributed by atoms with Gasteiger partial charge in [-0.25, -0.2) is 0 Å². The molecule has 0 bridgehead atoms. The molecule has 31 heavy (non-hydrogen) atoms. The van der Waals surface area contributed by atoms with Crippen molar-refractivity contribution in [2.24, 2.45) is 11.8 Å². The summed E-state index contributed by atoms with van der Waals surface area (Å²) in [5, 5.41) is 41.2. The number of hydrogen-bond donors (Lipinski definition) is 5. The molecule has 2 fully saturated rings. The molecule has 0 aliphatic heterocycles. The summed E-state index contributed by atoms with van der Waals surface area (Å²) in [7, 11) is -4.54. The molecule has 4 unspecified atom stereocenters. The highest BCUT2D eigenvalue weighted by Crippen LogP contribution is 2.50. The van der Waals surface area contributed by atoms with Gasteiger partial charge in [0.05, 0.1) is 11.7 Å². The zero-order valence-corrected chi connectivity index (χ0v) is 16.8. The lowest BCUT2D eigenvalue weighted by Gasteiger charge is -2.46. The Hall–Kier alpha value is -2.80. The fourth-order valence-corrected chi connectivity index (χ4v) is 4.68. The summed E-state index contributed by atoms with van der Waals surface area (Å²) < 4.78 is 29.3. The summed E-state index contributed by atoms with van der Waals surface area (Å²) >= 11 is 0. The molecule has 0 radical (unpaired) electrons. The number of aliphatic hydroxyl groups excluding tert-OH is 2. The van der Waals surface area contributed by atoms with E-state index in [0.29, 0.717) is 12.8 Å². The molecule has 0 heterocycles.